The van der Waals surface area contributed by atoms with Crippen LogP contribution in [0.4, 0.5) is 5.82 Å². The lowest BCUT2D eigenvalue weighted by molar-refractivity contribution is 0.560. The first-order chi connectivity index (χ1) is 12.3. The average Bonchev–Trinajstić information content (AvgIpc) is 3.15. The molecule has 0 radical (unpaired) electrons. The van der Waals surface area contributed by atoms with Crippen molar-refractivity contribution in [1.29, 1.82) is 0 Å². The summed E-state index contributed by atoms with van der Waals surface area (Å²) in [7, 11) is 0. The first-order valence-corrected chi connectivity index (χ1v) is 8.57. The summed E-state index contributed by atoms with van der Waals surface area (Å²) in [5.41, 5.74) is 6.12. The van der Waals surface area contributed by atoms with Gasteiger partial charge in [-0.15, -0.1) is 0 Å². The number of pyridine rings is 1. The predicted molar refractivity (Wildman–Crippen MR) is 105 cm³/mol. The van der Waals surface area contributed by atoms with Gasteiger partial charge in [0.1, 0.15) is 11.6 Å². The Balaban J connectivity index is 1.77. The molecule has 0 saturated carbocycles. The monoisotopic (exact) mass is 391 g/mol. The molecule has 0 aliphatic rings. The molecule has 0 saturated heterocycles. The maximum Gasteiger partial charge on any atom is 0.147 e. The average molecular weight is 392 g/mol. The van der Waals surface area contributed by atoms with E-state index in [0.717, 1.165) is 26.5 Å². The summed E-state index contributed by atoms with van der Waals surface area (Å²) in [6.07, 6.45) is 3.23. The predicted octanol–water partition coefficient (Wildman–Crippen LogP) is 5.70. The number of anilines is 1. The number of aromatic nitrogens is 1. The Bertz CT molecular complexity index is 1030. The van der Waals surface area contributed by atoms with E-state index in [1.165, 1.54) is 0 Å². The van der Waals surface area contributed by atoms with E-state index in [-0.39, 0.29) is 0 Å². The number of furan rings is 1. The molecule has 1 N–H and O–H groups in total. The molecule has 0 unspecified atom stereocenters. The lowest BCUT2D eigenvalue weighted by Gasteiger charge is -2.10. The number of hydrogen-bond acceptors (Lipinski definition) is 4. The van der Waals surface area contributed by atoms with Crippen molar-refractivity contribution in [3.63, 3.8) is 0 Å². The minimum absolute atomic E-state index is 0.677. The first-order valence-electron chi connectivity index (χ1n) is 7.78. The Kier molecular flexibility index (Phi) is 4.31. The van der Waals surface area contributed by atoms with E-state index in [9.17, 15) is 0 Å². The third-order valence-corrected chi connectivity index (χ3v) is 4.26. The molecular weight excluding hydrogens is 378 g/mol. The summed E-state index contributed by atoms with van der Waals surface area (Å²) in [4.78, 5) is 4.65. The normalized spacial score (nSPS) is 11.2. The minimum atomic E-state index is 0.677. The third-order valence-electron chi connectivity index (χ3n) is 3.77. The van der Waals surface area contributed by atoms with Crippen LogP contribution in [0.1, 0.15) is 5.76 Å². The zero-order valence-electron chi connectivity index (χ0n) is 13.2. The van der Waals surface area contributed by atoms with E-state index in [0.29, 0.717) is 11.6 Å². The first kappa shape index (κ1) is 15.6. The van der Waals surface area contributed by atoms with Crippen LogP contribution in [-0.2, 0) is 0 Å². The zero-order valence-corrected chi connectivity index (χ0v) is 14.8. The van der Waals surface area contributed by atoms with Crippen molar-refractivity contribution in [2.45, 2.75) is 0 Å². The molecule has 2 heterocycles. The van der Waals surface area contributed by atoms with Crippen LogP contribution in [0.5, 0.6) is 0 Å². The summed E-state index contributed by atoms with van der Waals surface area (Å²) in [6, 6.07) is 22.0. The molecule has 0 bridgehead atoms. The maximum atomic E-state index is 5.23. The molecular formula is C20H14BrN3O. The topological polar surface area (TPSA) is 50.4 Å². The van der Waals surface area contributed by atoms with Crippen LogP contribution in [0, 0.1) is 0 Å². The second-order valence-corrected chi connectivity index (χ2v) is 6.38. The van der Waals surface area contributed by atoms with Crippen LogP contribution in [-0.4, -0.2) is 11.2 Å². The highest BCUT2D eigenvalue weighted by Gasteiger charge is 2.08. The lowest BCUT2D eigenvalue weighted by atomic mass is 10.0. The third kappa shape index (κ3) is 3.46. The van der Waals surface area contributed by atoms with Gasteiger partial charge in [0.25, 0.3) is 0 Å². The van der Waals surface area contributed by atoms with Gasteiger partial charge < -0.3 is 4.42 Å². The highest BCUT2D eigenvalue weighted by Crippen LogP contribution is 2.31. The molecule has 0 atom stereocenters. The van der Waals surface area contributed by atoms with E-state index in [1.54, 1.807) is 12.5 Å². The maximum absolute atomic E-state index is 5.23. The molecule has 4 aromatic rings. The van der Waals surface area contributed by atoms with Crippen LogP contribution < -0.4 is 5.43 Å². The zero-order chi connectivity index (χ0) is 17.1. The minimum Gasteiger partial charge on any atom is -0.463 e. The van der Waals surface area contributed by atoms with Crippen molar-refractivity contribution in [2.24, 2.45) is 5.10 Å². The van der Waals surface area contributed by atoms with Crippen LogP contribution in [0.2, 0.25) is 0 Å². The van der Waals surface area contributed by atoms with Gasteiger partial charge in [-0.05, 0) is 47.5 Å². The molecule has 0 aliphatic heterocycles. The summed E-state index contributed by atoms with van der Waals surface area (Å²) in [6.45, 7) is 0. The van der Waals surface area contributed by atoms with Gasteiger partial charge in [0, 0.05) is 9.86 Å². The summed E-state index contributed by atoms with van der Waals surface area (Å²) in [5, 5.41) is 5.29. The molecule has 0 fully saturated rings. The Morgan fingerprint density at radius 1 is 1.00 bits per heavy atom. The van der Waals surface area contributed by atoms with E-state index in [2.05, 4.69) is 49.6 Å². The fourth-order valence-corrected chi connectivity index (χ4v) is 3.00. The lowest BCUT2D eigenvalue weighted by Crippen LogP contribution is -1.95. The van der Waals surface area contributed by atoms with Gasteiger partial charge in [-0.2, -0.15) is 5.10 Å². The number of fused-ring (bicyclic) bond motifs is 1. The largest absolute Gasteiger partial charge is 0.463 e. The second kappa shape index (κ2) is 6.91. The van der Waals surface area contributed by atoms with E-state index in [1.807, 2.05) is 48.5 Å². The van der Waals surface area contributed by atoms with E-state index < -0.39 is 0 Å². The molecule has 122 valence electrons. The Morgan fingerprint density at radius 3 is 2.68 bits per heavy atom. The highest BCUT2D eigenvalue weighted by atomic mass is 79.9. The SMILES string of the molecule is Brc1ccc2nc(N/N=C/c3ccco3)cc(-c3ccccc3)c2c1. The standard InChI is InChI=1S/C20H14BrN3O/c21-15-8-9-19-18(11-15)17(14-5-2-1-3-6-14)12-20(23-19)24-22-13-16-7-4-10-25-16/h1-13H,(H,23,24)/b22-13+. The van der Waals surface area contributed by atoms with Gasteiger partial charge in [0.15, 0.2) is 0 Å². The van der Waals surface area contributed by atoms with Gasteiger partial charge >= 0.3 is 0 Å². The summed E-state index contributed by atoms with van der Waals surface area (Å²) in [5.74, 6) is 1.36. The van der Waals surface area contributed by atoms with Crippen LogP contribution in [0.3, 0.4) is 0 Å². The van der Waals surface area contributed by atoms with Gasteiger partial charge in [0.2, 0.25) is 0 Å². The fourth-order valence-electron chi connectivity index (χ4n) is 2.64. The smallest absolute Gasteiger partial charge is 0.147 e. The van der Waals surface area contributed by atoms with E-state index >= 15 is 0 Å². The van der Waals surface area contributed by atoms with Crippen molar-refractivity contribution in [2.75, 3.05) is 5.43 Å². The van der Waals surface area contributed by atoms with Crippen LogP contribution in [0.15, 0.2) is 87.0 Å². The van der Waals surface area contributed by atoms with Gasteiger partial charge in [-0.1, -0.05) is 46.3 Å². The quantitative estimate of drug-likeness (QED) is 0.358. The number of hydrogen-bond donors (Lipinski definition) is 1. The molecule has 0 amide bonds. The van der Waals surface area contributed by atoms with Gasteiger partial charge in [-0.25, -0.2) is 4.98 Å². The molecule has 5 heteroatoms. The van der Waals surface area contributed by atoms with Crippen LogP contribution >= 0.6 is 15.9 Å². The van der Waals surface area contributed by atoms with Crippen molar-refractivity contribution < 1.29 is 4.42 Å². The molecule has 25 heavy (non-hydrogen) atoms. The van der Waals surface area contributed by atoms with Crippen molar-refractivity contribution >= 4 is 38.9 Å². The number of rotatable bonds is 4. The molecule has 0 aliphatic carbocycles. The Hall–Kier alpha value is -2.92. The van der Waals surface area contributed by atoms with Gasteiger partial charge in [0.05, 0.1) is 18.0 Å². The molecule has 4 rings (SSSR count). The van der Waals surface area contributed by atoms with Gasteiger partial charge in [-0.3, -0.25) is 5.43 Å². The molecule has 0 spiro atoms. The van der Waals surface area contributed by atoms with Crippen molar-refractivity contribution in [1.82, 2.24) is 4.98 Å². The number of hydrazone groups is 1. The molecule has 2 aromatic heterocycles. The Morgan fingerprint density at radius 2 is 1.88 bits per heavy atom. The Labute approximate surface area is 153 Å². The van der Waals surface area contributed by atoms with Crippen molar-refractivity contribution in [3.05, 3.63) is 83.2 Å². The highest BCUT2D eigenvalue weighted by molar-refractivity contribution is 9.10. The second-order valence-electron chi connectivity index (χ2n) is 5.47. The van der Waals surface area contributed by atoms with Crippen LogP contribution in [0.25, 0.3) is 22.0 Å². The van der Waals surface area contributed by atoms with Crippen molar-refractivity contribution in [3.8, 4) is 11.1 Å². The molecule has 4 nitrogen and oxygen atoms in total. The number of nitrogens with one attached hydrogen (secondary N) is 1. The number of benzene rings is 2. The number of nitrogens with zero attached hydrogens (tertiary/aromatic N) is 2. The summed E-state index contributed by atoms with van der Waals surface area (Å²) < 4.78 is 6.26. The summed E-state index contributed by atoms with van der Waals surface area (Å²) >= 11 is 3.54. The fraction of sp³-hybridized carbons (Fsp3) is 0. The number of halogens is 1. The van der Waals surface area contributed by atoms with E-state index in [4.69, 9.17) is 4.42 Å². The molecule has 2 aromatic carbocycles.